The Labute approximate surface area is 127 Å². The second-order valence-corrected chi connectivity index (χ2v) is 6.49. The highest BCUT2D eigenvalue weighted by atomic mass is 32.1. The number of nitrogens with zero attached hydrogens (tertiary/aromatic N) is 1. The molecule has 0 saturated heterocycles. The first-order valence-electron chi connectivity index (χ1n) is 7.29. The lowest BCUT2D eigenvalue weighted by Crippen LogP contribution is -2.16. The number of aromatic nitrogens is 1. The smallest absolute Gasteiger partial charge is 0.0724 e. The Morgan fingerprint density at radius 3 is 3.14 bits per heavy atom. The lowest BCUT2D eigenvalue weighted by Gasteiger charge is -2.25. The van der Waals surface area contributed by atoms with E-state index < -0.39 is 0 Å². The van der Waals surface area contributed by atoms with Gasteiger partial charge in [0.2, 0.25) is 0 Å². The summed E-state index contributed by atoms with van der Waals surface area (Å²) < 4.78 is 0. The largest absolute Gasteiger partial charge is 0.397 e. The van der Waals surface area contributed by atoms with Crippen LogP contribution in [0.3, 0.4) is 0 Å². The van der Waals surface area contributed by atoms with Crippen molar-refractivity contribution in [3.8, 4) is 0 Å². The maximum absolute atomic E-state index is 6.33. The van der Waals surface area contributed by atoms with E-state index in [0.717, 1.165) is 28.7 Å². The van der Waals surface area contributed by atoms with Crippen LogP contribution in [0.2, 0.25) is 0 Å². The third kappa shape index (κ3) is 2.16. The number of hydrogen-bond acceptors (Lipinski definition) is 4. The number of nitrogen functional groups attached to an aromatic ring is 1. The van der Waals surface area contributed by atoms with Gasteiger partial charge in [-0.1, -0.05) is 0 Å². The van der Waals surface area contributed by atoms with Crippen molar-refractivity contribution in [2.24, 2.45) is 0 Å². The molecule has 1 unspecified atom stereocenters. The summed E-state index contributed by atoms with van der Waals surface area (Å²) in [7, 11) is 0. The molecule has 21 heavy (non-hydrogen) atoms. The number of hydrogen-bond donors (Lipinski definition) is 2. The summed E-state index contributed by atoms with van der Waals surface area (Å²) in [6.45, 7) is 0. The van der Waals surface area contributed by atoms with Crippen LogP contribution in [-0.4, -0.2) is 4.98 Å². The van der Waals surface area contributed by atoms with E-state index in [-0.39, 0.29) is 0 Å². The second kappa shape index (κ2) is 5.04. The third-order valence-corrected chi connectivity index (χ3v) is 5.20. The Hall–Kier alpha value is -2.07. The van der Waals surface area contributed by atoms with Crippen LogP contribution in [0.1, 0.15) is 29.3 Å². The molecule has 0 bridgehead atoms. The summed E-state index contributed by atoms with van der Waals surface area (Å²) in [5.74, 6) is 0. The standard InChI is InChI=1S/C17H17N3S/c18-17-12-3-2-9-19-13(12)6-7-15(17)20-14-4-1-5-16-11(14)8-10-21-16/h2-3,6-10,14,20H,1,4-5,18H2. The van der Waals surface area contributed by atoms with E-state index in [0.29, 0.717) is 6.04 Å². The van der Waals surface area contributed by atoms with Crippen LogP contribution in [0.4, 0.5) is 11.4 Å². The minimum atomic E-state index is 0.372. The topological polar surface area (TPSA) is 50.9 Å². The van der Waals surface area contributed by atoms with Crippen LogP contribution in [0.25, 0.3) is 10.9 Å². The highest BCUT2D eigenvalue weighted by Crippen LogP contribution is 2.37. The average molecular weight is 295 g/mol. The van der Waals surface area contributed by atoms with Crippen molar-refractivity contribution in [2.75, 3.05) is 11.1 Å². The minimum absolute atomic E-state index is 0.372. The molecule has 106 valence electrons. The maximum Gasteiger partial charge on any atom is 0.0724 e. The summed E-state index contributed by atoms with van der Waals surface area (Å²) in [5, 5.41) is 6.85. The zero-order valence-electron chi connectivity index (χ0n) is 11.7. The van der Waals surface area contributed by atoms with Gasteiger partial charge in [0, 0.05) is 16.5 Å². The van der Waals surface area contributed by atoms with Gasteiger partial charge >= 0.3 is 0 Å². The molecule has 0 amide bonds. The number of nitrogens with two attached hydrogens (primary N) is 1. The lowest BCUT2D eigenvalue weighted by atomic mass is 9.93. The first-order chi connectivity index (χ1) is 10.3. The van der Waals surface area contributed by atoms with Crippen LogP contribution < -0.4 is 11.1 Å². The van der Waals surface area contributed by atoms with Crippen molar-refractivity contribution in [1.29, 1.82) is 0 Å². The van der Waals surface area contributed by atoms with Gasteiger partial charge in [-0.25, -0.2) is 0 Å². The molecule has 0 radical (unpaired) electrons. The zero-order valence-corrected chi connectivity index (χ0v) is 12.5. The highest BCUT2D eigenvalue weighted by Gasteiger charge is 2.21. The molecule has 0 fully saturated rings. The summed E-state index contributed by atoms with van der Waals surface area (Å²) >= 11 is 1.87. The third-order valence-electron chi connectivity index (χ3n) is 4.21. The monoisotopic (exact) mass is 295 g/mol. The van der Waals surface area contributed by atoms with Gasteiger partial charge in [0.15, 0.2) is 0 Å². The molecule has 2 heterocycles. The maximum atomic E-state index is 6.33. The molecular weight excluding hydrogens is 278 g/mol. The van der Waals surface area contributed by atoms with Gasteiger partial charge in [-0.15, -0.1) is 11.3 Å². The summed E-state index contributed by atoms with van der Waals surface area (Å²) in [4.78, 5) is 5.87. The quantitative estimate of drug-likeness (QED) is 0.690. The number of rotatable bonds is 2. The molecule has 1 atom stereocenters. The molecule has 3 aromatic rings. The van der Waals surface area contributed by atoms with Gasteiger partial charge in [-0.05, 0) is 60.5 Å². The van der Waals surface area contributed by atoms with Crippen molar-refractivity contribution in [3.63, 3.8) is 0 Å². The van der Waals surface area contributed by atoms with Crippen LogP contribution in [0.15, 0.2) is 41.9 Å². The second-order valence-electron chi connectivity index (χ2n) is 5.49. The SMILES string of the molecule is Nc1c(NC2CCCc3sccc32)ccc2ncccc12. The first-order valence-corrected chi connectivity index (χ1v) is 8.17. The highest BCUT2D eigenvalue weighted by molar-refractivity contribution is 7.10. The number of benzene rings is 1. The Bertz CT molecular complexity index is 794. The fourth-order valence-corrected chi connectivity index (χ4v) is 4.11. The number of aryl methyl sites for hydroxylation is 1. The van der Waals surface area contributed by atoms with E-state index in [1.165, 1.54) is 23.3 Å². The van der Waals surface area contributed by atoms with Crippen molar-refractivity contribution >= 4 is 33.6 Å². The Balaban J connectivity index is 1.71. The molecule has 3 N–H and O–H groups in total. The Morgan fingerprint density at radius 2 is 2.19 bits per heavy atom. The number of pyridine rings is 1. The van der Waals surface area contributed by atoms with Gasteiger partial charge in [0.05, 0.1) is 22.9 Å². The van der Waals surface area contributed by atoms with Gasteiger partial charge in [0.1, 0.15) is 0 Å². The van der Waals surface area contributed by atoms with Crippen molar-refractivity contribution in [1.82, 2.24) is 4.98 Å². The van der Waals surface area contributed by atoms with E-state index in [2.05, 4.69) is 21.7 Å². The van der Waals surface area contributed by atoms with E-state index >= 15 is 0 Å². The molecule has 1 aromatic carbocycles. The van der Waals surface area contributed by atoms with E-state index in [9.17, 15) is 0 Å². The van der Waals surface area contributed by atoms with Gasteiger partial charge in [0.25, 0.3) is 0 Å². The molecule has 2 aromatic heterocycles. The zero-order chi connectivity index (χ0) is 14.2. The van der Waals surface area contributed by atoms with Crippen molar-refractivity contribution < 1.29 is 0 Å². The first kappa shape index (κ1) is 12.7. The molecule has 4 rings (SSSR count). The molecule has 0 saturated carbocycles. The van der Waals surface area contributed by atoms with E-state index in [1.54, 1.807) is 6.20 Å². The molecule has 3 nitrogen and oxygen atoms in total. The van der Waals surface area contributed by atoms with Crippen LogP contribution in [0, 0.1) is 0 Å². The van der Waals surface area contributed by atoms with Gasteiger partial charge in [-0.2, -0.15) is 0 Å². The molecule has 1 aliphatic carbocycles. The predicted octanol–water partition coefficient (Wildman–Crippen LogP) is 4.37. The number of thiophene rings is 1. The van der Waals surface area contributed by atoms with Gasteiger partial charge in [-0.3, -0.25) is 4.98 Å². The lowest BCUT2D eigenvalue weighted by molar-refractivity contribution is 0.609. The average Bonchev–Trinajstić information content (AvgIpc) is 3.00. The summed E-state index contributed by atoms with van der Waals surface area (Å²) in [6.07, 6.45) is 5.41. The molecule has 1 aliphatic rings. The van der Waals surface area contributed by atoms with E-state index in [1.807, 2.05) is 35.6 Å². The molecular formula is C17H17N3S. The van der Waals surface area contributed by atoms with Crippen LogP contribution in [-0.2, 0) is 6.42 Å². The summed E-state index contributed by atoms with van der Waals surface area (Å²) in [5.41, 5.74) is 10.5. The number of nitrogens with one attached hydrogen (secondary N) is 1. The normalized spacial score (nSPS) is 17.6. The Morgan fingerprint density at radius 1 is 1.24 bits per heavy atom. The fourth-order valence-electron chi connectivity index (χ4n) is 3.13. The van der Waals surface area contributed by atoms with E-state index in [4.69, 9.17) is 5.73 Å². The fraction of sp³-hybridized carbons (Fsp3) is 0.235. The van der Waals surface area contributed by atoms with Crippen molar-refractivity contribution in [3.05, 3.63) is 52.3 Å². The number of fused-ring (bicyclic) bond motifs is 2. The van der Waals surface area contributed by atoms with Crippen LogP contribution in [0.5, 0.6) is 0 Å². The van der Waals surface area contributed by atoms with Gasteiger partial charge < -0.3 is 11.1 Å². The predicted molar refractivity (Wildman–Crippen MR) is 89.8 cm³/mol. The van der Waals surface area contributed by atoms with Crippen molar-refractivity contribution in [2.45, 2.75) is 25.3 Å². The molecule has 4 heteroatoms. The molecule has 0 spiro atoms. The molecule has 0 aliphatic heterocycles. The summed E-state index contributed by atoms with van der Waals surface area (Å²) in [6, 6.07) is 10.7. The van der Waals surface area contributed by atoms with Crippen LogP contribution >= 0.6 is 11.3 Å². The number of anilines is 2. The minimum Gasteiger partial charge on any atom is -0.397 e. The Kier molecular flexibility index (Phi) is 3.04.